The molecule has 1 heterocycles. The largest absolute Gasteiger partial charge is 0.459 e. The maximum absolute atomic E-state index is 12.0. The monoisotopic (exact) mass is 321 g/mol. The van der Waals surface area contributed by atoms with Crippen LogP contribution in [-0.4, -0.2) is 26.4 Å². The van der Waals surface area contributed by atoms with Gasteiger partial charge in [-0.25, -0.2) is 0 Å². The molecule has 1 aromatic heterocycles. The molecule has 3 nitrogen and oxygen atoms in total. The van der Waals surface area contributed by atoms with Gasteiger partial charge in [0.25, 0.3) is 0 Å². The van der Waals surface area contributed by atoms with Crippen molar-refractivity contribution in [2.24, 2.45) is 0 Å². The Hall–Kier alpha value is -1.24. The van der Waals surface area contributed by atoms with E-state index in [0.717, 1.165) is 5.39 Å². The van der Waals surface area contributed by atoms with Gasteiger partial charge >= 0.3 is 6.18 Å². The summed E-state index contributed by atoms with van der Waals surface area (Å²) in [4.78, 5) is 0. The number of alkyl halides is 3. The molecule has 7 heteroatoms. The number of hydrogen-bond acceptors (Lipinski definition) is 3. The Bertz CT molecular complexity index is 597. The van der Waals surface area contributed by atoms with Crippen molar-refractivity contribution in [2.45, 2.75) is 18.6 Å². The summed E-state index contributed by atoms with van der Waals surface area (Å²) in [5, 5.41) is 4.46. The maximum atomic E-state index is 12.0. The van der Waals surface area contributed by atoms with Gasteiger partial charge in [-0.1, -0.05) is 11.6 Å². The van der Waals surface area contributed by atoms with Gasteiger partial charge in [0.15, 0.2) is 0 Å². The van der Waals surface area contributed by atoms with Gasteiger partial charge < -0.3 is 14.5 Å². The molecule has 1 aromatic carbocycles. The summed E-state index contributed by atoms with van der Waals surface area (Å²) in [6.45, 7) is -1.25. The first-order valence-corrected chi connectivity index (χ1v) is 6.77. The topological polar surface area (TPSA) is 34.4 Å². The predicted octanol–water partition coefficient (Wildman–Crippen LogP) is 4.32. The van der Waals surface area contributed by atoms with Gasteiger partial charge in [-0.05, 0) is 37.7 Å². The normalized spacial score (nSPS) is 13.8. The van der Waals surface area contributed by atoms with Gasteiger partial charge in [0, 0.05) is 17.0 Å². The van der Waals surface area contributed by atoms with Crippen LogP contribution in [0.5, 0.6) is 0 Å². The summed E-state index contributed by atoms with van der Waals surface area (Å²) < 4.78 is 46.3. The number of halogens is 4. The van der Waals surface area contributed by atoms with Crippen LogP contribution in [0.2, 0.25) is 5.02 Å². The Morgan fingerprint density at radius 3 is 2.76 bits per heavy atom. The van der Waals surface area contributed by atoms with E-state index in [0.29, 0.717) is 22.8 Å². The molecule has 0 radical (unpaired) electrons. The summed E-state index contributed by atoms with van der Waals surface area (Å²) in [5.41, 5.74) is 0.686. The van der Waals surface area contributed by atoms with E-state index in [9.17, 15) is 13.2 Å². The second-order valence-corrected chi connectivity index (χ2v) is 5.07. The molecule has 0 aliphatic heterocycles. The standard InChI is InChI=1S/C14H15ClF3NO2/c1-19-11(4-5-20-8-14(16,17)18)13-7-9-6-10(15)2-3-12(9)21-13/h2-3,6-7,11,19H,4-5,8H2,1H3. The SMILES string of the molecule is CNC(CCOCC(F)(F)F)c1cc2cc(Cl)ccc2o1. The summed E-state index contributed by atoms with van der Waals surface area (Å²) in [6, 6.07) is 6.86. The average molecular weight is 322 g/mol. The molecule has 2 aromatic rings. The van der Waals surface area contributed by atoms with Crippen molar-refractivity contribution in [2.75, 3.05) is 20.3 Å². The quantitative estimate of drug-likeness (QED) is 0.805. The molecule has 1 N–H and O–H groups in total. The molecule has 1 atom stereocenters. The number of benzene rings is 1. The molecular weight excluding hydrogens is 307 g/mol. The molecule has 0 saturated carbocycles. The van der Waals surface area contributed by atoms with Crippen LogP contribution >= 0.6 is 11.6 Å². The van der Waals surface area contributed by atoms with Gasteiger partial charge in [-0.2, -0.15) is 13.2 Å². The minimum absolute atomic E-state index is 0.0111. The van der Waals surface area contributed by atoms with Crippen molar-refractivity contribution in [3.05, 3.63) is 35.0 Å². The number of fused-ring (bicyclic) bond motifs is 1. The lowest BCUT2D eigenvalue weighted by atomic mass is 10.1. The van der Waals surface area contributed by atoms with E-state index in [4.69, 9.17) is 16.0 Å². The number of furan rings is 1. The van der Waals surface area contributed by atoms with E-state index in [2.05, 4.69) is 10.1 Å². The molecule has 0 fully saturated rings. The fraction of sp³-hybridized carbons (Fsp3) is 0.429. The van der Waals surface area contributed by atoms with Crippen LogP contribution in [0.3, 0.4) is 0 Å². The van der Waals surface area contributed by atoms with Gasteiger partial charge in [0.2, 0.25) is 0 Å². The lowest BCUT2D eigenvalue weighted by Gasteiger charge is -2.14. The van der Waals surface area contributed by atoms with Crippen LogP contribution in [-0.2, 0) is 4.74 Å². The van der Waals surface area contributed by atoms with Gasteiger partial charge in [0.05, 0.1) is 6.04 Å². The highest BCUT2D eigenvalue weighted by Crippen LogP contribution is 2.27. The first-order valence-electron chi connectivity index (χ1n) is 6.40. The summed E-state index contributed by atoms with van der Waals surface area (Å²) >= 11 is 5.90. The molecule has 0 bridgehead atoms. The minimum atomic E-state index is -4.30. The highest BCUT2D eigenvalue weighted by atomic mass is 35.5. The minimum Gasteiger partial charge on any atom is -0.459 e. The maximum Gasteiger partial charge on any atom is 0.411 e. The number of rotatable bonds is 6. The Labute approximate surface area is 125 Å². The fourth-order valence-electron chi connectivity index (χ4n) is 2.02. The molecule has 2 rings (SSSR count). The Morgan fingerprint density at radius 1 is 1.33 bits per heavy atom. The molecule has 0 saturated heterocycles. The van der Waals surface area contributed by atoms with Crippen molar-refractivity contribution in [1.29, 1.82) is 0 Å². The second kappa shape index (κ2) is 6.68. The van der Waals surface area contributed by atoms with Gasteiger partial charge in [-0.15, -0.1) is 0 Å². The molecule has 0 spiro atoms. The van der Waals surface area contributed by atoms with E-state index in [1.165, 1.54) is 0 Å². The van der Waals surface area contributed by atoms with Crippen molar-refractivity contribution in [1.82, 2.24) is 5.32 Å². The number of nitrogens with one attached hydrogen (secondary N) is 1. The molecule has 1 unspecified atom stereocenters. The summed E-state index contributed by atoms with van der Waals surface area (Å²) in [7, 11) is 1.72. The Morgan fingerprint density at radius 2 is 2.10 bits per heavy atom. The zero-order valence-corrected chi connectivity index (χ0v) is 12.1. The zero-order valence-electron chi connectivity index (χ0n) is 11.3. The third-order valence-electron chi connectivity index (χ3n) is 3.01. The number of ether oxygens (including phenoxy) is 1. The van der Waals surface area contributed by atoms with Crippen LogP contribution in [0.4, 0.5) is 13.2 Å². The Balaban J connectivity index is 1.99. The van der Waals surface area contributed by atoms with Crippen molar-refractivity contribution in [3.63, 3.8) is 0 Å². The molecule has 0 aliphatic carbocycles. The van der Waals surface area contributed by atoms with E-state index in [-0.39, 0.29) is 12.6 Å². The lowest BCUT2D eigenvalue weighted by molar-refractivity contribution is -0.174. The molecule has 0 amide bonds. The molecule has 116 valence electrons. The molecular formula is C14H15ClF3NO2. The molecule has 0 aliphatic rings. The predicted molar refractivity (Wildman–Crippen MR) is 74.5 cm³/mol. The second-order valence-electron chi connectivity index (χ2n) is 4.63. The van der Waals surface area contributed by atoms with Crippen molar-refractivity contribution < 1.29 is 22.3 Å². The summed E-state index contributed by atoms with van der Waals surface area (Å²) in [5.74, 6) is 0.644. The van der Waals surface area contributed by atoms with Crippen molar-refractivity contribution in [3.8, 4) is 0 Å². The van der Waals surface area contributed by atoms with E-state index in [1.807, 2.05) is 6.07 Å². The third-order valence-corrected chi connectivity index (χ3v) is 3.24. The number of hydrogen-bond donors (Lipinski definition) is 1. The van der Waals surface area contributed by atoms with Gasteiger partial charge in [0.1, 0.15) is 18.0 Å². The highest BCUT2D eigenvalue weighted by molar-refractivity contribution is 6.31. The van der Waals surface area contributed by atoms with Crippen LogP contribution in [0.25, 0.3) is 11.0 Å². The summed E-state index contributed by atoms with van der Waals surface area (Å²) in [6.07, 6.45) is -3.93. The lowest BCUT2D eigenvalue weighted by Crippen LogP contribution is -2.21. The zero-order chi connectivity index (χ0) is 15.5. The van der Waals surface area contributed by atoms with Crippen LogP contribution in [0, 0.1) is 0 Å². The highest BCUT2D eigenvalue weighted by Gasteiger charge is 2.27. The smallest absolute Gasteiger partial charge is 0.411 e. The van der Waals surface area contributed by atoms with Crippen LogP contribution in [0.1, 0.15) is 18.2 Å². The Kier molecular flexibility index (Phi) is 5.13. The van der Waals surface area contributed by atoms with E-state index in [1.54, 1.807) is 25.2 Å². The molecule has 21 heavy (non-hydrogen) atoms. The van der Waals surface area contributed by atoms with Crippen molar-refractivity contribution >= 4 is 22.6 Å². The van der Waals surface area contributed by atoms with E-state index < -0.39 is 12.8 Å². The van der Waals surface area contributed by atoms with Gasteiger partial charge in [-0.3, -0.25) is 0 Å². The average Bonchev–Trinajstić information content (AvgIpc) is 2.80. The fourth-order valence-corrected chi connectivity index (χ4v) is 2.20. The third kappa shape index (κ3) is 4.62. The first-order chi connectivity index (χ1) is 9.89. The van der Waals surface area contributed by atoms with Crippen LogP contribution in [0.15, 0.2) is 28.7 Å². The first kappa shape index (κ1) is 16.1. The van der Waals surface area contributed by atoms with E-state index >= 15 is 0 Å². The van der Waals surface area contributed by atoms with Crippen LogP contribution < -0.4 is 5.32 Å².